The molecule has 12 heteroatoms. The maximum atomic E-state index is 10.6. The van der Waals surface area contributed by atoms with Crippen LogP contribution in [0.3, 0.4) is 0 Å². The number of nitrogen functional groups attached to an aromatic ring is 2. The van der Waals surface area contributed by atoms with Gasteiger partial charge in [-0.2, -0.15) is 18.2 Å². The monoisotopic (exact) mass is 447 g/mol. The molecule has 2 aromatic carbocycles. The second-order valence-corrected chi connectivity index (χ2v) is 6.85. The summed E-state index contributed by atoms with van der Waals surface area (Å²) in [5.41, 5.74) is 15.7. The number of carboxylic acids is 1. The van der Waals surface area contributed by atoms with Crippen molar-refractivity contribution in [1.82, 2.24) is 14.5 Å². The van der Waals surface area contributed by atoms with Gasteiger partial charge in [-0.05, 0) is 29.8 Å². The molecule has 0 atom stereocenters. The molecule has 3 heterocycles. The van der Waals surface area contributed by atoms with E-state index in [4.69, 9.17) is 30.8 Å². The van der Waals surface area contributed by atoms with Gasteiger partial charge in [-0.1, -0.05) is 6.07 Å². The van der Waals surface area contributed by atoms with Crippen LogP contribution in [-0.2, 0) is 11.8 Å². The SMILES string of the molecule is Cn1ccc2c3c(N)nc(N)nc3cc(-c3ccc4c(c3)OCO4)c21.O=C(O)C(F)(F)F. The van der Waals surface area contributed by atoms with Crippen molar-refractivity contribution < 1.29 is 32.5 Å². The fraction of sp³-hybridized carbons (Fsp3) is 0.150. The lowest BCUT2D eigenvalue weighted by molar-refractivity contribution is -0.192. The highest BCUT2D eigenvalue weighted by Gasteiger charge is 2.38. The number of aromatic nitrogens is 3. The Kier molecular flexibility index (Phi) is 4.92. The second kappa shape index (κ2) is 7.48. The van der Waals surface area contributed by atoms with Gasteiger partial charge in [0.25, 0.3) is 0 Å². The van der Waals surface area contributed by atoms with E-state index in [1.165, 1.54) is 0 Å². The van der Waals surface area contributed by atoms with Gasteiger partial charge < -0.3 is 30.6 Å². The molecular weight excluding hydrogens is 431 g/mol. The predicted molar refractivity (Wildman–Crippen MR) is 110 cm³/mol. The molecule has 0 unspecified atom stereocenters. The Morgan fingerprint density at radius 2 is 1.81 bits per heavy atom. The summed E-state index contributed by atoms with van der Waals surface area (Å²) in [6, 6.07) is 9.91. The first-order valence-corrected chi connectivity index (χ1v) is 9.07. The fourth-order valence-electron chi connectivity index (χ4n) is 3.45. The number of aliphatic carboxylic acids is 1. The average molecular weight is 447 g/mol. The highest BCUT2D eigenvalue weighted by Crippen LogP contribution is 2.40. The molecule has 4 aromatic rings. The number of carboxylic acid groups (broad SMARTS) is 1. The van der Waals surface area contributed by atoms with Crippen LogP contribution in [0.15, 0.2) is 36.5 Å². The number of aryl methyl sites for hydroxylation is 1. The number of nitrogens with zero attached hydrogens (tertiary/aromatic N) is 3. The molecule has 0 amide bonds. The third kappa shape index (κ3) is 3.66. The van der Waals surface area contributed by atoms with Crippen molar-refractivity contribution in [3.63, 3.8) is 0 Å². The number of alkyl halides is 3. The molecule has 0 saturated carbocycles. The zero-order valence-corrected chi connectivity index (χ0v) is 16.5. The predicted octanol–water partition coefficient (Wildman–Crippen LogP) is 3.31. The minimum Gasteiger partial charge on any atom is -0.475 e. The molecule has 2 aromatic heterocycles. The van der Waals surface area contributed by atoms with Gasteiger partial charge in [0, 0.05) is 24.2 Å². The van der Waals surface area contributed by atoms with Gasteiger partial charge in [-0.3, -0.25) is 0 Å². The van der Waals surface area contributed by atoms with Crippen molar-refractivity contribution in [2.24, 2.45) is 7.05 Å². The van der Waals surface area contributed by atoms with E-state index in [1.54, 1.807) is 0 Å². The topological polar surface area (TPSA) is 139 Å². The van der Waals surface area contributed by atoms with Crippen LogP contribution in [0.4, 0.5) is 24.9 Å². The molecular formula is C20H16F3N5O4. The van der Waals surface area contributed by atoms with Crippen molar-refractivity contribution in [2.45, 2.75) is 6.18 Å². The van der Waals surface area contributed by atoms with Crippen LogP contribution in [0.1, 0.15) is 0 Å². The summed E-state index contributed by atoms with van der Waals surface area (Å²) in [5, 5.41) is 8.93. The number of hydrogen-bond donors (Lipinski definition) is 3. The van der Waals surface area contributed by atoms with Crippen LogP contribution in [0, 0.1) is 0 Å². The highest BCUT2D eigenvalue weighted by molar-refractivity contribution is 6.15. The van der Waals surface area contributed by atoms with E-state index >= 15 is 0 Å². The zero-order valence-electron chi connectivity index (χ0n) is 16.5. The number of nitrogens with two attached hydrogens (primary N) is 2. The van der Waals surface area contributed by atoms with Gasteiger partial charge >= 0.3 is 12.1 Å². The Morgan fingerprint density at radius 3 is 2.50 bits per heavy atom. The van der Waals surface area contributed by atoms with Crippen LogP contribution in [0.5, 0.6) is 11.5 Å². The number of anilines is 2. The molecule has 9 nitrogen and oxygen atoms in total. The Hall–Kier alpha value is -4.22. The summed E-state index contributed by atoms with van der Waals surface area (Å²) < 4.78 is 44.7. The van der Waals surface area contributed by atoms with Crippen molar-refractivity contribution in [2.75, 3.05) is 18.3 Å². The van der Waals surface area contributed by atoms with Crippen LogP contribution in [0.2, 0.25) is 0 Å². The molecule has 0 saturated heterocycles. The minimum atomic E-state index is -5.08. The lowest BCUT2D eigenvalue weighted by Gasteiger charge is -2.11. The Balaban J connectivity index is 0.000000307. The number of benzene rings is 2. The second-order valence-electron chi connectivity index (χ2n) is 6.85. The van der Waals surface area contributed by atoms with Crippen LogP contribution >= 0.6 is 0 Å². The standard InChI is InChI=1S/C18H15N5O2.C2HF3O2/c1-23-5-4-10-15-12(21-18(20)22-17(15)19)7-11(16(10)23)9-2-3-13-14(6-9)25-8-24-13;3-2(4,5)1(6)7/h2-7H,8H2,1H3,(H4,19,20,21,22);(H,6,7). The molecule has 32 heavy (non-hydrogen) atoms. The van der Waals surface area contributed by atoms with Crippen molar-refractivity contribution in [3.8, 4) is 22.6 Å². The molecule has 0 fully saturated rings. The highest BCUT2D eigenvalue weighted by atomic mass is 19.4. The Bertz CT molecular complexity index is 1370. The lowest BCUT2D eigenvalue weighted by Crippen LogP contribution is -2.21. The van der Waals surface area contributed by atoms with Gasteiger partial charge in [-0.15, -0.1) is 0 Å². The molecule has 5 N–H and O–H groups in total. The Labute approximate surface area is 178 Å². The van der Waals surface area contributed by atoms with E-state index in [2.05, 4.69) is 14.5 Å². The number of hydrogen-bond acceptors (Lipinski definition) is 7. The van der Waals surface area contributed by atoms with Crippen LogP contribution < -0.4 is 20.9 Å². The third-order valence-electron chi connectivity index (χ3n) is 4.79. The summed E-state index contributed by atoms with van der Waals surface area (Å²) in [7, 11) is 2.00. The minimum absolute atomic E-state index is 0.164. The van der Waals surface area contributed by atoms with E-state index < -0.39 is 12.1 Å². The summed E-state index contributed by atoms with van der Waals surface area (Å²) in [6.45, 7) is 0.246. The quantitative estimate of drug-likeness (QED) is 0.404. The van der Waals surface area contributed by atoms with E-state index in [9.17, 15) is 13.2 Å². The first-order chi connectivity index (χ1) is 15.1. The zero-order chi connectivity index (χ0) is 23.2. The molecule has 5 rings (SSSR count). The summed E-state index contributed by atoms with van der Waals surface area (Å²) in [6.07, 6.45) is -3.09. The van der Waals surface area contributed by atoms with Crippen LogP contribution in [0.25, 0.3) is 32.9 Å². The van der Waals surface area contributed by atoms with Crippen molar-refractivity contribution in [3.05, 3.63) is 36.5 Å². The maximum absolute atomic E-state index is 10.6. The smallest absolute Gasteiger partial charge is 0.475 e. The molecule has 0 radical (unpaired) electrons. The van der Waals surface area contributed by atoms with E-state index in [-0.39, 0.29) is 12.7 Å². The van der Waals surface area contributed by atoms with E-state index in [1.807, 2.05) is 43.6 Å². The largest absolute Gasteiger partial charge is 0.490 e. The number of halogens is 3. The number of rotatable bonds is 1. The van der Waals surface area contributed by atoms with E-state index in [0.717, 1.165) is 44.4 Å². The van der Waals surface area contributed by atoms with Gasteiger partial charge in [0.15, 0.2) is 11.5 Å². The number of carbonyl (C=O) groups is 1. The molecule has 0 spiro atoms. The third-order valence-corrected chi connectivity index (χ3v) is 4.79. The summed E-state index contributed by atoms with van der Waals surface area (Å²) in [4.78, 5) is 17.4. The number of ether oxygens (including phenoxy) is 2. The first kappa shape index (κ1) is 21.0. The van der Waals surface area contributed by atoms with Gasteiger partial charge in [0.1, 0.15) is 5.82 Å². The summed E-state index contributed by atoms with van der Waals surface area (Å²) >= 11 is 0. The molecule has 1 aliphatic heterocycles. The van der Waals surface area contributed by atoms with Gasteiger partial charge in [0.05, 0.1) is 16.4 Å². The van der Waals surface area contributed by atoms with Crippen LogP contribution in [-0.4, -0.2) is 38.6 Å². The number of fused-ring (bicyclic) bond motifs is 4. The van der Waals surface area contributed by atoms with Gasteiger partial charge in [0.2, 0.25) is 12.7 Å². The Morgan fingerprint density at radius 1 is 1.12 bits per heavy atom. The van der Waals surface area contributed by atoms with Crippen molar-refractivity contribution in [1.29, 1.82) is 0 Å². The lowest BCUT2D eigenvalue weighted by atomic mass is 9.99. The first-order valence-electron chi connectivity index (χ1n) is 9.07. The van der Waals surface area contributed by atoms with Crippen molar-refractivity contribution >= 4 is 39.5 Å². The van der Waals surface area contributed by atoms with Gasteiger partial charge in [-0.25, -0.2) is 9.78 Å². The average Bonchev–Trinajstić information content (AvgIpc) is 3.33. The fourth-order valence-corrected chi connectivity index (χ4v) is 3.45. The van der Waals surface area contributed by atoms with E-state index in [0.29, 0.717) is 5.82 Å². The molecule has 1 aliphatic rings. The molecule has 0 bridgehead atoms. The summed E-state index contributed by atoms with van der Waals surface area (Å²) in [5.74, 6) is -0.717. The normalized spacial score (nSPS) is 12.6. The molecule has 166 valence electrons. The molecule has 0 aliphatic carbocycles. The maximum Gasteiger partial charge on any atom is 0.490 e.